The summed E-state index contributed by atoms with van der Waals surface area (Å²) in [5.74, 6) is 1.22. The van der Waals surface area contributed by atoms with Gasteiger partial charge in [0, 0.05) is 30.1 Å². The number of nitrogens with two attached hydrogens (primary N) is 1. The van der Waals surface area contributed by atoms with E-state index >= 15 is 0 Å². The third-order valence-electron chi connectivity index (χ3n) is 3.91. The predicted octanol–water partition coefficient (Wildman–Crippen LogP) is 3.10. The van der Waals surface area contributed by atoms with Gasteiger partial charge in [0.15, 0.2) is 0 Å². The molecule has 0 aliphatic carbocycles. The van der Waals surface area contributed by atoms with Crippen molar-refractivity contribution in [1.29, 1.82) is 0 Å². The van der Waals surface area contributed by atoms with Crippen molar-refractivity contribution < 1.29 is 0 Å². The fourth-order valence-corrected chi connectivity index (χ4v) is 3.38. The maximum Gasteiger partial charge on any atom is 0.130 e. The van der Waals surface area contributed by atoms with E-state index in [9.17, 15) is 0 Å². The number of nitrogens with zero attached hydrogens (tertiary/aromatic N) is 3. The lowest BCUT2D eigenvalue weighted by Gasteiger charge is -2.24. The zero-order valence-corrected chi connectivity index (χ0v) is 14.3. The number of aromatic nitrogens is 2. The molecule has 2 rings (SSSR count). The normalized spacial score (nSPS) is 12.6. The van der Waals surface area contributed by atoms with Crippen molar-refractivity contribution in [2.75, 3.05) is 11.4 Å². The van der Waals surface area contributed by atoms with E-state index in [1.54, 1.807) is 11.3 Å². The lowest BCUT2D eigenvalue weighted by atomic mass is 10.0. The monoisotopic (exact) mass is 306 g/mol. The molecular formula is C16H26N4S. The van der Waals surface area contributed by atoms with Gasteiger partial charge in [0.25, 0.3) is 0 Å². The molecule has 116 valence electrons. The first-order valence-corrected chi connectivity index (χ1v) is 8.50. The molecule has 0 amide bonds. The van der Waals surface area contributed by atoms with Crippen LogP contribution in [-0.4, -0.2) is 22.4 Å². The number of hydrogen-bond acceptors (Lipinski definition) is 4. The second-order valence-corrected chi connectivity index (χ2v) is 6.51. The van der Waals surface area contributed by atoms with Gasteiger partial charge in [-0.05, 0) is 38.1 Å². The van der Waals surface area contributed by atoms with Crippen LogP contribution in [0, 0.1) is 6.92 Å². The van der Waals surface area contributed by atoms with Gasteiger partial charge < -0.3 is 10.6 Å². The molecule has 0 saturated carbocycles. The molecule has 2 heterocycles. The van der Waals surface area contributed by atoms with E-state index in [1.165, 1.54) is 16.3 Å². The Morgan fingerprint density at radius 1 is 1.43 bits per heavy atom. The van der Waals surface area contributed by atoms with Crippen LogP contribution in [0.5, 0.6) is 0 Å². The van der Waals surface area contributed by atoms with Crippen molar-refractivity contribution in [2.24, 2.45) is 12.8 Å². The summed E-state index contributed by atoms with van der Waals surface area (Å²) >= 11 is 1.80. The summed E-state index contributed by atoms with van der Waals surface area (Å²) in [7, 11) is 2.03. The Balaban J connectivity index is 2.31. The third-order valence-corrected chi connectivity index (χ3v) is 4.77. The Bertz CT molecular complexity index is 559. The van der Waals surface area contributed by atoms with Crippen molar-refractivity contribution in [2.45, 2.75) is 46.2 Å². The Morgan fingerprint density at radius 2 is 2.19 bits per heavy atom. The Morgan fingerprint density at radius 3 is 2.76 bits per heavy atom. The highest BCUT2D eigenvalue weighted by Crippen LogP contribution is 2.27. The topological polar surface area (TPSA) is 47.1 Å². The summed E-state index contributed by atoms with van der Waals surface area (Å²) in [6, 6.07) is 4.50. The van der Waals surface area contributed by atoms with Crippen molar-refractivity contribution in [3.05, 3.63) is 33.6 Å². The minimum absolute atomic E-state index is 0.201. The molecule has 1 unspecified atom stereocenters. The smallest absolute Gasteiger partial charge is 0.130 e. The van der Waals surface area contributed by atoms with Crippen LogP contribution in [0.25, 0.3) is 0 Å². The number of rotatable bonds is 7. The van der Waals surface area contributed by atoms with Crippen LogP contribution in [0.2, 0.25) is 0 Å². The zero-order valence-electron chi connectivity index (χ0n) is 13.5. The van der Waals surface area contributed by atoms with E-state index in [0.717, 1.165) is 31.6 Å². The van der Waals surface area contributed by atoms with Gasteiger partial charge >= 0.3 is 0 Å². The molecule has 21 heavy (non-hydrogen) atoms. The molecular weight excluding hydrogens is 280 g/mol. The highest BCUT2D eigenvalue weighted by molar-refractivity contribution is 7.09. The molecule has 2 aromatic rings. The molecule has 4 nitrogen and oxygen atoms in total. The maximum absolute atomic E-state index is 6.18. The SMILES string of the molecule is CCC(N)Cc1c(C)nn(C)c1N(CC)Cc1cccs1. The van der Waals surface area contributed by atoms with Crippen LogP contribution < -0.4 is 10.6 Å². The van der Waals surface area contributed by atoms with Crippen LogP contribution in [0.15, 0.2) is 17.5 Å². The predicted molar refractivity (Wildman–Crippen MR) is 91.0 cm³/mol. The summed E-state index contributed by atoms with van der Waals surface area (Å²) in [6.45, 7) is 8.31. The minimum Gasteiger partial charge on any atom is -0.352 e. The molecule has 2 aromatic heterocycles. The molecule has 5 heteroatoms. The first kappa shape index (κ1) is 16.0. The van der Waals surface area contributed by atoms with Gasteiger partial charge in [-0.1, -0.05) is 13.0 Å². The maximum atomic E-state index is 6.18. The molecule has 0 radical (unpaired) electrons. The average molecular weight is 306 g/mol. The summed E-state index contributed by atoms with van der Waals surface area (Å²) in [5, 5.41) is 6.75. The molecule has 2 N–H and O–H groups in total. The molecule has 0 aliphatic rings. The Kier molecular flexibility index (Phi) is 5.42. The van der Waals surface area contributed by atoms with Crippen molar-refractivity contribution >= 4 is 17.2 Å². The molecule has 0 fully saturated rings. The van der Waals surface area contributed by atoms with E-state index in [1.807, 2.05) is 11.7 Å². The Hall–Kier alpha value is -1.33. The number of hydrogen-bond donors (Lipinski definition) is 1. The molecule has 1 atom stereocenters. The van der Waals surface area contributed by atoms with Gasteiger partial charge in [-0.25, -0.2) is 0 Å². The summed E-state index contributed by atoms with van der Waals surface area (Å²) in [6.07, 6.45) is 1.89. The second-order valence-electron chi connectivity index (χ2n) is 5.48. The third kappa shape index (κ3) is 3.66. The van der Waals surface area contributed by atoms with E-state index in [0.29, 0.717) is 0 Å². The van der Waals surface area contributed by atoms with Gasteiger partial charge in [-0.2, -0.15) is 5.10 Å². The number of aryl methyl sites for hydroxylation is 2. The highest BCUT2D eigenvalue weighted by Gasteiger charge is 2.20. The average Bonchev–Trinajstić information content (AvgIpc) is 3.06. The lowest BCUT2D eigenvalue weighted by molar-refractivity contribution is 0.640. The number of anilines is 1. The minimum atomic E-state index is 0.201. The Labute approximate surface area is 131 Å². The fourth-order valence-electron chi connectivity index (χ4n) is 2.66. The quantitative estimate of drug-likeness (QED) is 0.855. The van der Waals surface area contributed by atoms with Crippen LogP contribution in [0.3, 0.4) is 0 Å². The van der Waals surface area contributed by atoms with Crippen LogP contribution >= 0.6 is 11.3 Å². The van der Waals surface area contributed by atoms with Crippen molar-refractivity contribution in [3.63, 3.8) is 0 Å². The van der Waals surface area contributed by atoms with E-state index < -0.39 is 0 Å². The van der Waals surface area contributed by atoms with E-state index in [4.69, 9.17) is 5.73 Å². The molecule has 0 aliphatic heterocycles. The van der Waals surface area contributed by atoms with Gasteiger partial charge in [0.05, 0.1) is 12.2 Å². The highest BCUT2D eigenvalue weighted by atomic mass is 32.1. The van der Waals surface area contributed by atoms with Gasteiger partial charge in [0.1, 0.15) is 5.82 Å². The van der Waals surface area contributed by atoms with Crippen LogP contribution in [0.1, 0.15) is 36.4 Å². The molecule has 0 aromatic carbocycles. The summed E-state index contributed by atoms with van der Waals surface area (Å²) < 4.78 is 2.00. The number of thiophene rings is 1. The standard InChI is InChI=1S/C16H26N4S/c1-5-13(17)10-15-12(3)18-19(4)16(15)20(6-2)11-14-8-7-9-21-14/h7-9,13H,5-6,10-11,17H2,1-4H3. The van der Waals surface area contributed by atoms with Gasteiger partial charge in [0.2, 0.25) is 0 Å². The zero-order chi connectivity index (χ0) is 15.4. The summed E-state index contributed by atoms with van der Waals surface area (Å²) in [5.41, 5.74) is 8.57. The largest absolute Gasteiger partial charge is 0.352 e. The first-order chi connectivity index (χ1) is 10.1. The first-order valence-electron chi connectivity index (χ1n) is 7.62. The fraction of sp³-hybridized carbons (Fsp3) is 0.562. The molecule has 0 spiro atoms. The summed E-state index contributed by atoms with van der Waals surface area (Å²) in [4.78, 5) is 3.77. The molecule has 0 saturated heterocycles. The van der Waals surface area contributed by atoms with E-state index in [2.05, 4.69) is 48.3 Å². The molecule has 0 bridgehead atoms. The van der Waals surface area contributed by atoms with Crippen molar-refractivity contribution in [3.8, 4) is 0 Å². The van der Waals surface area contributed by atoms with Gasteiger partial charge in [-0.15, -0.1) is 11.3 Å². The van der Waals surface area contributed by atoms with Crippen LogP contribution in [0.4, 0.5) is 5.82 Å². The van der Waals surface area contributed by atoms with Crippen molar-refractivity contribution in [1.82, 2.24) is 9.78 Å². The second kappa shape index (κ2) is 7.09. The van der Waals surface area contributed by atoms with Gasteiger partial charge in [-0.3, -0.25) is 4.68 Å². The lowest BCUT2D eigenvalue weighted by Crippen LogP contribution is -2.27. The van der Waals surface area contributed by atoms with E-state index in [-0.39, 0.29) is 6.04 Å². The van der Waals surface area contributed by atoms with Crippen LogP contribution in [-0.2, 0) is 20.0 Å².